The Bertz CT molecular complexity index is 723. The van der Waals surface area contributed by atoms with Gasteiger partial charge in [0.2, 0.25) is 10.0 Å². The molecule has 0 saturated carbocycles. The number of piperidine rings is 1. The Balaban J connectivity index is 2.23. The van der Waals surface area contributed by atoms with E-state index in [2.05, 4.69) is 0 Å². The molecule has 1 saturated heterocycles. The number of ether oxygens (including phenoxy) is 2. The van der Waals surface area contributed by atoms with Crippen LogP contribution in [0.15, 0.2) is 17.0 Å². The summed E-state index contributed by atoms with van der Waals surface area (Å²) >= 11 is 0. The van der Waals surface area contributed by atoms with Crippen molar-refractivity contribution in [3.63, 3.8) is 0 Å². The molecule has 1 aliphatic rings. The molecular weight excluding hydrogens is 358 g/mol. The van der Waals surface area contributed by atoms with Gasteiger partial charge in [-0.3, -0.25) is 0 Å². The normalized spacial score (nSPS) is 18.7. The fourth-order valence-electron chi connectivity index (χ4n) is 3.51. The Labute approximate surface area is 155 Å². The van der Waals surface area contributed by atoms with Gasteiger partial charge >= 0.3 is 5.97 Å². The second-order valence-corrected chi connectivity index (χ2v) is 8.42. The molecule has 1 aliphatic heterocycles. The van der Waals surface area contributed by atoms with Crippen molar-refractivity contribution in [2.75, 3.05) is 26.9 Å². The topological polar surface area (TPSA) is 93.1 Å². The zero-order valence-electron chi connectivity index (χ0n) is 15.5. The van der Waals surface area contributed by atoms with Gasteiger partial charge < -0.3 is 14.6 Å². The monoisotopic (exact) mass is 385 g/mol. The van der Waals surface area contributed by atoms with E-state index in [0.29, 0.717) is 34.7 Å². The van der Waals surface area contributed by atoms with E-state index in [4.69, 9.17) is 14.6 Å². The van der Waals surface area contributed by atoms with Gasteiger partial charge in [-0.15, -0.1) is 0 Å². The Hall–Kier alpha value is -1.64. The van der Waals surface area contributed by atoms with Crippen LogP contribution >= 0.6 is 0 Å². The van der Waals surface area contributed by atoms with Crippen LogP contribution in [0.3, 0.4) is 0 Å². The highest BCUT2D eigenvalue weighted by Crippen LogP contribution is 2.32. The molecule has 7 nitrogen and oxygen atoms in total. The predicted molar refractivity (Wildman–Crippen MR) is 97.1 cm³/mol. The van der Waals surface area contributed by atoms with Crippen LogP contribution in [0.2, 0.25) is 0 Å². The Morgan fingerprint density at radius 2 is 1.92 bits per heavy atom. The molecule has 1 heterocycles. The fourth-order valence-corrected chi connectivity index (χ4v) is 5.65. The maximum absolute atomic E-state index is 13.3. The molecule has 0 bridgehead atoms. The molecule has 0 aromatic heterocycles. The van der Waals surface area contributed by atoms with E-state index in [9.17, 15) is 13.2 Å². The minimum absolute atomic E-state index is 0.177. The number of sulfonamides is 1. The van der Waals surface area contributed by atoms with Gasteiger partial charge in [0.15, 0.2) is 0 Å². The number of methoxy groups -OCH3 is 1. The lowest BCUT2D eigenvalue weighted by Crippen LogP contribution is -2.44. The van der Waals surface area contributed by atoms with Crippen molar-refractivity contribution in [3.8, 4) is 5.75 Å². The number of benzene rings is 1. The van der Waals surface area contributed by atoms with Crippen molar-refractivity contribution >= 4 is 16.0 Å². The van der Waals surface area contributed by atoms with Crippen LogP contribution in [-0.2, 0) is 19.6 Å². The first-order valence-electron chi connectivity index (χ1n) is 8.74. The summed E-state index contributed by atoms with van der Waals surface area (Å²) < 4.78 is 38.5. The van der Waals surface area contributed by atoms with Crippen molar-refractivity contribution in [3.05, 3.63) is 23.3 Å². The van der Waals surface area contributed by atoms with E-state index in [1.165, 1.54) is 0 Å². The largest absolute Gasteiger partial charge is 0.497 e. The van der Waals surface area contributed by atoms with Crippen LogP contribution in [-0.4, -0.2) is 56.7 Å². The molecule has 1 aromatic carbocycles. The quantitative estimate of drug-likeness (QED) is 0.691. The molecular formula is C18H27NO6S. The highest BCUT2D eigenvalue weighted by atomic mass is 32.2. The standard InChI is InChI=1S/C18H27NO6S/c1-13-10-16(24-3)11-14(2)18(13)26(22,23)19-8-5-4-6-15(19)7-9-25-12-17(20)21/h10-11,15H,4-9,12H2,1-3H3,(H,20,21). The third kappa shape index (κ3) is 4.75. The summed E-state index contributed by atoms with van der Waals surface area (Å²) in [6, 6.07) is 3.28. The van der Waals surface area contributed by atoms with E-state index >= 15 is 0 Å². The van der Waals surface area contributed by atoms with Crippen LogP contribution in [0.1, 0.15) is 36.8 Å². The highest BCUT2D eigenvalue weighted by Gasteiger charge is 2.35. The third-order valence-electron chi connectivity index (χ3n) is 4.63. The molecule has 2 rings (SSSR count). The maximum Gasteiger partial charge on any atom is 0.329 e. The van der Waals surface area contributed by atoms with Crippen LogP contribution in [0.5, 0.6) is 5.75 Å². The Morgan fingerprint density at radius 3 is 2.50 bits per heavy atom. The zero-order chi connectivity index (χ0) is 19.3. The number of carbonyl (C=O) groups is 1. The number of aryl methyl sites for hydroxylation is 2. The highest BCUT2D eigenvalue weighted by molar-refractivity contribution is 7.89. The summed E-state index contributed by atoms with van der Waals surface area (Å²) in [5.74, 6) is -0.390. The first kappa shape index (κ1) is 20.7. The number of hydrogen-bond donors (Lipinski definition) is 1. The number of carboxylic acids is 1. The van der Waals surface area contributed by atoms with E-state index in [0.717, 1.165) is 19.3 Å². The van der Waals surface area contributed by atoms with Crippen molar-refractivity contribution in [1.82, 2.24) is 4.31 Å². The lowest BCUT2D eigenvalue weighted by Gasteiger charge is -2.35. The predicted octanol–water partition coefficient (Wildman–Crippen LogP) is 2.35. The first-order chi connectivity index (χ1) is 12.3. The Kier molecular flexibility index (Phi) is 7.02. The molecule has 0 aliphatic carbocycles. The molecule has 26 heavy (non-hydrogen) atoms. The summed E-state index contributed by atoms with van der Waals surface area (Å²) in [6.45, 7) is 3.88. The zero-order valence-corrected chi connectivity index (χ0v) is 16.3. The average molecular weight is 385 g/mol. The fraction of sp³-hybridized carbons (Fsp3) is 0.611. The van der Waals surface area contributed by atoms with Gasteiger partial charge in [0.05, 0.1) is 12.0 Å². The van der Waals surface area contributed by atoms with E-state index in [1.54, 1.807) is 37.4 Å². The smallest absolute Gasteiger partial charge is 0.329 e. The molecule has 1 aromatic rings. The number of rotatable bonds is 8. The molecule has 0 amide bonds. The minimum atomic E-state index is -3.65. The van der Waals surface area contributed by atoms with E-state index in [-0.39, 0.29) is 19.3 Å². The number of aliphatic carboxylic acids is 1. The molecule has 146 valence electrons. The van der Waals surface area contributed by atoms with Gasteiger partial charge in [-0.05, 0) is 56.4 Å². The molecule has 1 atom stereocenters. The van der Waals surface area contributed by atoms with Gasteiger partial charge in [0.1, 0.15) is 12.4 Å². The number of hydrogen-bond acceptors (Lipinski definition) is 5. The van der Waals surface area contributed by atoms with Gasteiger partial charge in [0.25, 0.3) is 0 Å². The summed E-state index contributed by atoms with van der Waals surface area (Å²) in [7, 11) is -2.09. The van der Waals surface area contributed by atoms with Crippen LogP contribution < -0.4 is 4.74 Å². The van der Waals surface area contributed by atoms with Gasteiger partial charge in [-0.1, -0.05) is 6.42 Å². The summed E-state index contributed by atoms with van der Waals surface area (Å²) in [5.41, 5.74) is 1.32. The van der Waals surface area contributed by atoms with Crippen LogP contribution in [0.4, 0.5) is 0 Å². The average Bonchev–Trinajstić information content (AvgIpc) is 2.57. The van der Waals surface area contributed by atoms with Crippen molar-refractivity contribution < 1.29 is 27.8 Å². The minimum Gasteiger partial charge on any atom is -0.497 e. The second-order valence-electron chi connectivity index (χ2n) is 6.59. The van der Waals surface area contributed by atoms with Crippen molar-refractivity contribution in [1.29, 1.82) is 0 Å². The molecule has 1 fully saturated rings. The lowest BCUT2D eigenvalue weighted by atomic mass is 10.0. The summed E-state index contributed by atoms with van der Waals surface area (Å²) in [4.78, 5) is 10.9. The van der Waals surface area contributed by atoms with Gasteiger partial charge in [-0.25, -0.2) is 13.2 Å². The lowest BCUT2D eigenvalue weighted by molar-refractivity contribution is -0.142. The summed E-state index contributed by atoms with van der Waals surface area (Å²) in [6.07, 6.45) is 3.01. The SMILES string of the molecule is COc1cc(C)c(S(=O)(=O)N2CCCCC2CCOCC(=O)O)c(C)c1. The molecule has 0 radical (unpaired) electrons. The first-order valence-corrected chi connectivity index (χ1v) is 10.2. The number of nitrogens with zero attached hydrogens (tertiary/aromatic N) is 1. The second kappa shape index (κ2) is 8.83. The molecule has 0 spiro atoms. The van der Waals surface area contributed by atoms with Crippen molar-refractivity contribution in [2.24, 2.45) is 0 Å². The summed E-state index contributed by atoms with van der Waals surface area (Å²) in [5, 5.41) is 8.64. The van der Waals surface area contributed by atoms with Crippen LogP contribution in [0, 0.1) is 13.8 Å². The van der Waals surface area contributed by atoms with Gasteiger partial charge in [0, 0.05) is 19.2 Å². The maximum atomic E-state index is 13.3. The van der Waals surface area contributed by atoms with Gasteiger partial charge in [-0.2, -0.15) is 4.31 Å². The molecule has 1 unspecified atom stereocenters. The Morgan fingerprint density at radius 1 is 1.27 bits per heavy atom. The molecule has 8 heteroatoms. The van der Waals surface area contributed by atoms with E-state index < -0.39 is 16.0 Å². The third-order valence-corrected chi connectivity index (χ3v) is 6.89. The molecule has 1 N–H and O–H groups in total. The van der Waals surface area contributed by atoms with E-state index in [1.807, 2.05) is 0 Å². The number of carboxylic acid groups (broad SMARTS) is 1. The van der Waals surface area contributed by atoms with Crippen molar-refractivity contribution in [2.45, 2.75) is 50.5 Å². The van der Waals surface area contributed by atoms with Crippen LogP contribution in [0.25, 0.3) is 0 Å².